The number of benzene rings is 1. The Morgan fingerprint density at radius 1 is 1.47 bits per heavy atom. The van der Waals surface area contributed by atoms with Gasteiger partial charge in [0, 0.05) is 6.54 Å². The van der Waals surface area contributed by atoms with Crippen LogP contribution in [0.1, 0.15) is 22.0 Å². The quantitative estimate of drug-likeness (QED) is 0.624. The van der Waals surface area contributed by atoms with E-state index in [4.69, 9.17) is 16.7 Å². The number of carbonyl (C=O) groups is 1. The van der Waals surface area contributed by atoms with Crippen LogP contribution in [0.2, 0.25) is 5.02 Å². The number of aliphatic hydroxyl groups excluding tert-OH is 2. The van der Waals surface area contributed by atoms with E-state index >= 15 is 0 Å². The fourth-order valence-electron chi connectivity index (χ4n) is 1.43. The second kappa shape index (κ2) is 5.97. The molecule has 6 heteroatoms. The lowest BCUT2D eigenvalue weighted by atomic mass is 10.0. The lowest BCUT2D eigenvalue weighted by Crippen LogP contribution is -2.29. The lowest BCUT2D eigenvalue weighted by molar-refractivity contribution is 0.0201. The molecule has 0 bridgehead atoms. The number of hydrogen-bond donors (Lipinski definition) is 4. The van der Waals surface area contributed by atoms with Crippen LogP contribution in [0, 0.1) is 0 Å². The van der Waals surface area contributed by atoms with Crippen LogP contribution in [-0.2, 0) is 0 Å². The van der Waals surface area contributed by atoms with Crippen molar-refractivity contribution in [2.75, 3.05) is 13.6 Å². The number of aromatic carboxylic acids is 1. The zero-order valence-corrected chi connectivity index (χ0v) is 9.98. The minimum absolute atomic E-state index is 0.0940. The monoisotopic (exact) mass is 259 g/mol. The van der Waals surface area contributed by atoms with E-state index in [9.17, 15) is 15.0 Å². The van der Waals surface area contributed by atoms with E-state index in [0.717, 1.165) is 0 Å². The van der Waals surface area contributed by atoms with Gasteiger partial charge in [-0.25, -0.2) is 4.79 Å². The molecule has 0 aromatic heterocycles. The van der Waals surface area contributed by atoms with E-state index in [1.807, 2.05) is 0 Å². The van der Waals surface area contributed by atoms with Crippen LogP contribution in [0.3, 0.4) is 0 Å². The normalized spacial score (nSPS) is 14.4. The van der Waals surface area contributed by atoms with Crippen molar-refractivity contribution < 1.29 is 20.1 Å². The number of hydrogen-bond acceptors (Lipinski definition) is 4. The molecular weight excluding hydrogens is 246 g/mol. The van der Waals surface area contributed by atoms with E-state index in [1.54, 1.807) is 7.05 Å². The summed E-state index contributed by atoms with van der Waals surface area (Å²) in [4.78, 5) is 10.9. The van der Waals surface area contributed by atoms with E-state index in [-0.39, 0.29) is 17.1 Å². The highest BCUT2D eigenvalue weighted by atomic mass is 35.5. The van der Waals surface area contributed by atoms with Gasteiger partial charge in [0.2, 0.25) is 0 Å². The molecule has 2 unspecified atom stereocenters. The summed E-state index contributed by atoms with van der Waals surface area (Å²) in [5, 5.41) is 31.0. The zero-order valence-electron chi connectivity index (χ0n) is 9.22. The van der Waals surface area contributed by atoms with Gasteiger partial charge < -0.3 is 20.6 Å². The fourth-order valence-corrected chi connectivity index (χ4v) is 1.63. The summed E-state index contributed by atoms with van der Waals surface area (Å²) in [6.45, 7) is 0.201. The minimum atomic E-state index is -1.17. The molecule has 5 nitrogen and oxygen atoms in total. The lowest BCUT2D eigenvalue weighted by Gasteiger charge is -2.18. The summed E-state index contributed by atoms with van der Waals surface area (Å²) in [6, 6.07) is 4.13. The Morgan fingerprint density at radius 2 is 2.12 bits per heavy atom. The Morgan fingerprint density at radius 3 is 2.65 bits per heavy atom. The highest BCUT2D eigenvalue weighted by molar-refractivity contribution is 6.33. The summed E-state index contributed by atoms with van der Waals surface area (Å²) in [6.07, 6.45) is -2.17. The maximum atomic E-state index is 10.9. The number of carboxylic acid groups (broad SMARTS) is 1. The van der Waals surface area contributed by atoms with Crippen molar-refractivity contribution in [2.24, 2.45) is 0 Å². The number of carboxylic acids is 1. The van der Waals surface area contributed by atoms with Gasteiger partial charge in [-0.15, -0.1) is 0 Å². The van der Waals surface area contributed by atoms with Crippen LogP contribution in [0.25, 0.3) is 0 Å². The molecule has 4 N–H and O–H groups in total. The van der Waals surface area contributed by atoms with Gasteiger partial charge in [0.15, 0.2) is 0 Å². The molecule has 0 heterocycles. The molecule has 0 saturated carbocycles. The van der Waals surface area contributed by atoms with E-state index < -0.39 is 18.2 Å². The van der Waals surface area contributed by atoms with E-state index in [0.29, 0.717) is 5.56 Å². The predicted molar refractivity (Wildman–Crippen MR) is 63.3 cm³/mol. The molecule has 0 aliphatic carbocycles. The van der Waals surface area contributed by atoms with Gasteiger partial charge >= 0.3 is 5.97 Å². The first-order valence-electron chi connectivity index (χ1n) is 5.00. The predicted octanol–water partition coefficient (Wildman–Crippen LogP) is 0.652. The summed E-state index contributed by atoms with van der Waals surface area (Å²) < 4.78 is 0. The van der Waals surface area contributed by atoms with Crippen LogP contribution < -0.4 is 5.32 Å². The summed E-state index contributed by atoms with van der Waals surface area (Å²) in [5.41, 5.74) is 0.217. The molecule has 1 aromatic rings. The maximum Gasteiger partial charge on any atom is 0.337 e. The van der Waals surface area contributed by atoms with Gasteiger partial charge in [-0.2, -0.15) is 0 Å². The van der Waals surface area contributed by atoms with Crippen LogP contribution in [-0.4, -0.2) is 41.0 Å². The van der Waals surface area contributed by atoms with Gasteiger partial charge in [-0.05, 0) is 24.7 Å². The van der Waals surface area contributed by atoms with Gasteiger partial charge in [-0.3, -0.25) is 0 Å². The van der Waals surface area contributed by atoms with Gasteiger partial charge in [0.1, 0.15) is 6.10 Å². The van der Waals surface area contributed by atoms with Gasteiger partial charge in [-0.1, -0.05) is 17.7 Å². The first kappa shape index (κ1) is 13.9. The van der Waals surface area contributed by atoms with Crippen molar-refractivity contribution in [1.29, 1.82) is 0 Å². The second-order valence-corrected chi connectivity index (χ2v) is 4.02. The Bertz CT molecular complexity index is 410. The Balaban J connectivity index is 2.99. The first-order chi connectivity index (χ1) is 7.97. The topological polar surface area (TPSA) is 89.8 Å². The summed E-state index contributed by atoms with van der Waals surface area (Å²) in [5.74, 6) is -1.17. The molecule has 1 aromatic carbocycles. The third kappa shape index (κ3) is 3.41. The highest BCUT2D eigenvalue weighted by Gasteiger charge is 2.19. The second-order valence-electron chi connectivity index (χ2n) is 3.61. The van der Waals surface area contributed by atoms with Crippen LogP contribution >= 0.6 is 11.6 Å². The van der Waals surface area contributed by atoms with Crippen molar-refractivity contribution in [3.63, 3.8) is 0 Å². The van der Waals surface area contributed by atoms with Crippen LogP contribution in [0.5, 0.6) is 0 Å². The molecule has 94 valence electrons. The molecule has 0 aliphatic heterocycles. The number of rotatable bonds is 5. The molecular formula is C11H14ClNO4. The van der Waals surface area contributed by atoms with Gasteiger partial charge in [0.25, 0.3) is 0 Å². The van der Waals surface area contributed by atoms with E-state index in [1.165, 1.54) is 18.2 Å². The first-order valence-corrected chi connectivity index (χ1v) is 5.38. The Hall–Kier alpha value is -1.14. The highest BCUT2D eigenvalue weighted by Crippen LogP contribution is 2.23. The van der Waals surface area contributed by atoms with Crippen molar-refractivity contribution in [1.82, 2.24) is 5.32 Å². The average molecular weight is 260 g/mol. The summed E-state index contributed by atoms with van der Waals surface area (Å²) >= 11 is 5.70. The Labute approximate surface area is 104 Å². The third-order valence-corrected chi connectivity index (χ3v) is 2.67. The van der Waals surface area contributed by atoms with Gasteiger partial charge in [0.05, 0.1) is 16.7 Å². The minimum Gasteiger partial charge on any atom is -0.478 e. The number of likely N-dealkylation sites (N-methyl/N-ethyl adjacent to an activating group) is 1. The molecule has 0 aliphatic rings. The van der Waals surface area contributed by atoms with Crippen LogP contribution in [0.4, 0.5) is 0 Å². The van der Waals surface area contributed by atoms with Crippen molar-refractivity contribution in [2.45, 2.75) is 12.2 Å². The summed E-state index contributed by atoms with van der Waals surface area (Å²) in [7, 11) is 1.64. The zero-order chi connectivity index (χ0) is 13.0. The fraction of sp³-hybridized carbons (Fsp3) is 0.364. The number of nitrogens with one attached hydrogen (secondary N) is 1. The molecule has 2 atom stereocenters. The van der Waals surface area contributed by atoms with Crippen molar-refractivity contribution in [3.8, 4) is 0 Å². The molecule has 1 rings (SSSR count). The third-order valence-electron chi connectivity index (χ3n) is 2.34. The molecule has 0 saturated heterocycles. The number of aliphatic hydroxyl groups is 2. The number of halogens is 1. The van der Waals surface area contributed by atoms with Crippen LogP contribution in [0.15, 0.2) is 18.2 Å². The van der Waals surface area contributed by atoms with Crippen molar-refractivity contribution in [3.05, 3.63) is 34.3 Å². The molecule has 0 radical (unpaired) electrons. The van der Waals surface area contributed by atoms with E-state index in [2.05, 4.69) is 5.32 Å². The van der Waals surface area contributed by atoms with Crippen molar-refractivity contribution >= 4 is 17.6 Å². The standard InChI is InChI=1S/C11H14ClNO4/c1-13-5-9(14)10(15)6-2-3-8(12)7(4-6)11(16)17/h2-4,9-10,13-15H,5H2,1H3,(H,16,17). The maximum absolute atomic E-state index is 10.9. The molecule has 0 spiro atoms. The largest absolute Gasteiger partial charge is 0.478 e. The average Bonchev–Trinajstić information content (AvgIpc) is 2.28. The molecule has 0 amide bonds. The molecule has 0 fully saturated rings. The smallest absolute Gasteiger partial charge is 0.337 e. The molecule has 17 heavy (non-hydrogen) atoms. The SMILES string of the molecule is CNCC(O)C(O)c1ccc(Cl)c(C(=O)O)c1. The Kier molecular flexibility index (Phi) is 4.89.